The third-order valence-electron chi connectivity index (χ3n) is 2.42. The number of nitrogens with zero attached hydrogens (tertiary/aromatic N) is 1. The quantitative estimate of drug-likeness (QED) is 0.707. The minimum atomic E-state index is 0.855. The smallest absolute Gasteiger partial charge is 0.00728 e. The van der Waals surface area contributed by atoms with Gasteiger partial charge in [0, 0.05) is 36.5 Å². The second kappa shape index (κ2) is 6.28. The SMILES string of the molecule is CCC(CBr)CN1CCSCC1. The monoisotopic (exact) mass is 251 g/mol. The van der Waals surface area contributed by atoms with E-state index in [0.717, 1.165) is 11.2 Å². The van der Waals surface area contributed by atoms with Crippen molar-refractivity contribution in [3.63, 3.8) is 0 Å². The first kappa shape index (κ1) is 10.9. The van der Waals surface area contributed by atoms with Crippen LogP contribution in [0.25, 0.3) is 0 Å². The maximum atomic E-state index is 3.57. The van der Waals surface area contributed by atoms with Crippen molar-refractivity contribution in [1.29, 1.82) is 0 Å². The fraction of sp³-hybridized carbons (Fsp3) is 1.00. The fourth-order valence-electron chi connectivity index (χ4n) is 1.44. The molecule has 0 aromatic heterocycles. The molecule has 1 unspecified atom stereocenters. The summed E-state index contributed by atoms with van der Waals surface area (Å²) in [6, 6.07) is 0. The Morgan fingerprint density at radius 1 is 1.42 bits per heavy atom. The molecule has 0 amide bonds. The Morgan fingerprint density at radius 2 is 2.08 bits per heavy atom. The van der Waals surface area contributed by atoms with Crippen molar-refractivity contribution in [1.82, 2.24) is 4.90 Å². The Labute approximate surface area is 88.4 Å². The zero-order chi connectivity index (χ0) is 8.81. The van der Waals surface area contributed by atoms with Gasteiger partial charge in [-0.3, -0.25) is 0 Å². The van der Waals surface area contributed by atoms with E-state index in [-0.39, 0.29) is 0 Å². The molecule has 1 saturated heterocycles. The van der Waals surface area contributed by atoms with Gasteiger partial charge in [0.05, 0.1) is 0 Å². The Hall–Kier alpha value is 0.790. The van der Waals surface area contributed by atoms with Crippen LogP contribution in [0.15, 0.2) is 0 Å². The van der Waals surface area contributed by atoms with Gasteiger partial charge in [0.15, 0.2) is 0 Å². The number of hydrogen-bond acceptors (Lipinski definition) is 2. The summed E-state index contributed by atoms with van der Waals surface area (Å²) in [5.74, 6) is 3.52. The van der Waals surface area contributed by atoms with Crippen molar-refractivity contribution in [2.45, 2.75) is 13.3 Å². The topological polar surface area (TPSA) is 3.24 Å². The van der Waals surface area contributed by atoms with E-state index in [1.807, 2.05) is 0 Å². The average molecular weight is 252 g/mol. The highest BCUT2D eigenvalue weighted by Crippen LogP contribution is 2.14. The summed E-state index contributed by atoms with van der Waals surface area (Å²) in [6.45, 7) is 6.18. The van der Waals surface area contributed by atoms with E-state index in [2.05, 4.69) is 39.5 Å². The molecule has 0 aromatic carbocycles. The third-order valence-corrected chi connectivity index (χ3v) is 4.27. The van der Waals surface area contributed by atoms with E-state index in [4.69, 9.17) is 0 Å². The van der Waals surface area contributed by atoms with Crippen LogP contribution in [0.3, 0.4) is 0 Å². The molecular weight excluding hydrogens is 234 g/mol. The Bertz CT molecular complexity index is 111. The first-order valence-electron chi connectivity index (χ1n) is 4.73. The number of rotatable bonds is 4. The van der Waals surface area contributed by atoms with Gasteiger partial charge in [0.25, 0.3) is 0 Å². The Morgan fingerprint density at radius 3 is 2.58 bits per heavy atom. The van der Waals surface area contributed by atoms with Gasteiger partial charge in [-0.2, -0.15) is 11.8 Å². The zero-order valence-corrected chi connectivity index (χ0v) is 10.2. The highest BCUT2D eigenvalue weighted by atomic mass is 79.9. The lowest BCUT2D eigenvalue weighted by molar-refractivity contribution is 0.259. The molecule has 0 N–H and O–H groups in total. The second-order valence-corrected chi connectivity index (χ2v) is 5.21. The summed E-state index contributed by atoms with van der Waals surface area (Å²) in [4.78, 5) is 2.60. The van der Waals surface area contributed by atoms with E-state index >= 15 is 0 Å². The normalized spacial score (nSPS) is 22.5. The number of hydrogen-bond donors (Lipinski definition) is 0. The largest absolute Gasteiger partial charge is 0.301 e. The van der Waals surface area contributed by atoms with Gasteiger partial charge < -0.3 is 4.90 Å². The van der Waals surface area contributed by atoms with E-state index in [9.17, 15) is 0 Å². The van der Waals surface area contributed by atoms with Crippen LogP contribution < -0.4 is 0 Å². The third kappa shape index (κ3) is 3.67. The van der Waals surface area contributed by atoms with E-state index in [0.29, 0.717) is 0 Å². The lowest BCUT2D eigenvalue weighted by Gasteiger charge is -2.29. The van der Waals surface area contributed by atoms with Gasteiger partial charge in [-0.25, -0.2) is 0 Å². The maximum Gasteiger partial charge on any atom is 0.00728 e. The predicted octanol–water partition coefficient (Wildman–Crippen LogP) is 2.46. The van der Waals surface area contributed by atoms with Gasteiger partial charge in [0.2, 0.25) is 0 Å². The fourth-order valence-corrected chi connectivity index (χ4v) is 3.08. The van der Waals surface area contributed by atoms with Crippen LogP contribution in [-0.2, 0) is 0 Å². The molecule has 0 spiro atoms. The van der Waals surface area contributed by atoms with Gasteiger partial charge in [-0.15, -0.1) is 0 Å². The van der Waals surface area contributed by atoms with E-state index < -0.39 is 0 Å². The molecule has 1 fully saturated rings. The highest BCUT2D eigenvalue weighted by molar-refractivity contribution is 9.09. The Kier molecular flexibility index (Phi) is 5.68. The summed E-state index contributed by atoms with van der Waals surface area (Å²) < 4.78 is 0. The summed E-state index contributed by atoms with van der Waals surface area (Å²) in [6.07, 6.45) is 1.30. The van der Waals surface area contributed by atoms with Crippen LogP contribution in [-0.4, -0.2) is 41.4 Å². The van der Waals surface area contributed by atoms with Crippen molar-refractivity contribution in [2.24, 2.45) is 5.92 Å². The summed E-state index contributed by atoms with van der Waals surface area (Å²) >= 11 is 5.66. The minimum Gasteiger partial charge on any atom is -0.301 e. The molecule has 1 heterocycles. The van der Waals surface area contributed by atoms with Crippen molar-refractivity contribution in [3.8, 4) is 0 Å². The van der Waals surface area contributed by atoms with Gasteiger partial charge >= 0.3 is 0 Å². The van der Waals surface area contributed by atoms with Crippen LogP contribution in [0.2, 0.25) is 0 Å². The summed E-state index contributed by atoms with van der Waals surface area (Å²) in [5, 5.41) is 1.16. The molecule has 0 saturated carbocycles. The second-order valence-electron chi connectivity index (χ2n) is 3.34. The van der Waals surface area contributed by atoms with Crippen LogP contribution in [0, 0.1) is 5.92 Å². The van der Waals surface area contributed by atoms with Crippen LogP contribution in [0.5, 0.6) is 0 Å². The molecule has 1 rings (SSSR count). The molecule has 0 aliphatic carbocycles. The van der Waals surface area contributed by atoms with Gasteiger partial charge in [-0.05, 0) is 5.92 Å². The van der Waals surface area contributed by atoms with Crippen LogP contribution >= 0.6 is 27.7 Å². The summed E-state index contributed by atoms with van der Waals surface area (Å²) in [7, 11) is 0. The molecule has 1 aliphatic heterocycles. The van der Waals surface area contributed by atoms with Gasteiger partial charge in [-0.1, -0.05) is 29.3 Å². The molecule has 0 radical (unpaired) electrons. The van der Waals surface area contributed by atoms with Crippen LogP contribution in [0.4, 0.5) is 0 Å². The predicted molar refractivity (Wildman–Crippen MR) is 61.3 cm³/mol. The van der Waals surface area contributed by atoms with Gasteiger partial charge in [0.1, 0.15) is 0 Å². The summed E-state index contributed by atoms with van der Waals surface area (Å²) in [5.41, 5.74) is 0. The molecule has 1 atom stereocenters. The van der Waals surface area contributed by atoms with E-state index in [1.54, 1.807) is 0 Å². The number of alkyl halides is 1. The molecule has 0 aromatic rings. The molecular formula is C9H18BrNS. The zero-order valence-electron chi connectivity index (χ0n) is 7.76. The first-order chi connectivity index (χ1) is 5.86. The minimum absolute atomic E-state index is 0.855. The lowest BCUT2D eigenvalue weighted by Crippen LogP contribution is -2.36. The lowest BCUT2D eigenvalue weighted by atomic mass is 10.1. The van der Waals surface area contributed by atoms with Crippen molar-refractivity contribution in [2.75, 3.05) is 36.5 Å². The van der Waals surface area contributed by atoms with E-state index in [1.165, 1.54) is 37.6 Å². The first-order valence-corrected chi connectivity index (χ1v) is 7.00. The molecule has 1 nitrogen and oxygen atoms in total. The Balaban J connectivity index is 2.18. The van der Waals surface area contributed by atoms with Crippen molar-refractivity contribution in [3.05, 3.63) is 0 Å². The van der Waals surface area contributed by atoms with Crippen molar-refractivity contribution >= 4 is 27.7 Å². The highest BCUT2D eigenvalue weighted by Gasteiger charge is 2.14. The number of thioether (sulfide) groups is 1. The standard InChI is InChI=1S/C9H18BrNS/c1-2-9(7-10)8-11-3-5-12-6-4-11/h9H,2-8H2,1H3. The maximum absolute atomic E-state index is 3.57. The number of halogens is 1. The molecule has 72 valence electrons. The van der Waals surface area contributed by atoms with Crippen molar-refractivity contribution < 1.29 is 0 Å². The molecule has 1 aliphatic rings. The molecule has 0 bridgehead atoms. The molecule has 12 heavy (non-hydrogen) atoms. The average Bonchev–Trinajstić information content (AvgIpc) is 2.16. The van der Waals surface area contributed by atoms with Crippen LogP contribution in [0.1, 0.15) is 13.3 Å². The molecule has 3 heteroatoms.